The molecule has 0 heterocycles. The van der Waals surface area contributed by atoms with Gasteiger partial charge in [-0.3, -0.25) is 14.9 Å². The predicted molar refractivity (Wildman–Crippen MR) is 93.2 cm³/mol. The normalized spacial score (nSPS) is 11.6. The third kappa shape index (κ3) is 4.68. The number of hydrogen-bond acceptors (Lipinski definition) is 5. The Labute approximate surface area is 149 Å². The van der Waals surface area contributed by atoms with Crippen LogP contribution in [-0.4, -0.2) is 31.6 Å². The summed E-state index contributed by atoms with van der Waals surface area (Å²) in [6, 6.07) is 11.1. The van der Waals surface area contributed by atoms with Crippen LogP contribution in [0.3, 0.4) is 0 Å². The molecule has 0 spiro atoms. The molecule has 2 aromatic rings. The van der Waals surface area contributed by atoms with E-state index in [0.29, 0.717) is 5.75 Å². The van der Waals surface area contributed by atoms with E-state index in [0.717, 1.165) is 5.56 Å². The zero-order valence-corrected chi connectivity index (χ0v) is 14.4. The van der Waals surface area contributed by atoms with Gasteiger partial charge in [0.1, 0.15) is 11.3 Å². The van der Waals surface area contributed by atoms with Crippen LogP contribution in [0.1, 0.15) is 22.0 Å². The number of carbonyl (C=O) groups is 1. The molecule has 1 N–H and O–H groups in total. The highest BCUT2D eigenvalue weighted by Gasteiger charge is 2.21. The van der Waals surface area contributed by atoms with Gasteiger partial charge in [-0.25, -0.2) is 0 Å². The third-order valence-electron chi connectivity index (χ3n) is 3.60. The van der Waals surface area contributed by atoms with E-state index in [-0.39, 0.29) is 22.8 Å². The quantitative estimate of drug-likeness (QED) is 0.600. The standard InChI is InChI=1S/C17H17ClN2O5/c1-24-13-5-3-4-11(8-13)16(25-2)10-19-17(21)14-9-12(18)6-7-15(14)20(22)23/h3-9,16H,10H2,1-2H3,(H,19,21). The lowest BCUT2D eigenvalue weighted by atomic mass is 10.1. The first-order valence-electron chi connectivity index (χ1n) is 7.35. The van der Waals surface area contributed by atoms with Crippen LogP contribution < -0.4 is 10.1 Å². The van der Waals surface area contributed by atoms with Crippen molar-refractivity contribution in [2.75, 3.05) is 20.8 Å². The molecule has 0 saturated heterocycles. The van der Waals surface area contributed by atoms with Crippen LogP contribution in [0.5, 0.6) is 5.75 Å². The zero-order valence-electron chi connectivity index (χ0n) is 13.7. The second-order valence-corrected chi connectivity index (χ2v) is 5.57. The smallest absolute Gasteiger partial charge is 0.282 e. The van der Waals surface area contributed by atoms with Crippen LogP contribution in [-0.2, 0) is 4.74 Å². The van der Waals surface area contributed by atoms with Gasteiger partial charge in [0.25, 0.3) is 11.6 Å². The fourth-order valence-electron chi connectivity index (χ4n) is 2.31. The fraction of sp³-hybridized carbons (Fsp3) is 0.235. The Kier molecular flexibility index (Phi) is 6.32. The van der Waals surface area contributed by atoms with Crippen LogP contribution in [0, 0.1) is 10.1 Å². The summed E-state index contributed by atoms with van der Waals surface area (Å²) in [5.41, 5.74) is 0.401. The van der Waals surface area contributed by atoms with Gasteiger partial charge in [0, 0.05) is 24.7 Å². The number of rotatable bonds is 7. The Morgan fingerprint density at radius 2 is 2.04 bits per heavy atom. The van der Waals surface area contributed by atoms with Gasteiger partial charge in [0.15, 0.2) is 0 Å². The first kappa shape index (κ1) is 18.7. The van der Waals surface area contributed by atoms with E-state index < -0.39 is 16.9 Å². The molecule has 0 aliphatic carbocycles. The van der Waals surface area contributed by atoms with Crippen molar-refractivity contribution < 1.29 is 19.2 Å². The summed E-state index contributed by atoms with van der Waals surface area (Å²) in [4.78, 5) is 22.8. The van der Waals surface area contributed by atoms with Gasteiger partial charge >= 0.3 is 0 Å². The van der Waals surface area contributed by atoms with E-state index >= 15 is 0 Å². The maximum Gasteiger partial charge on any atom is 0.282 e. The summed E-state index contributed by atoms with van der Waals surface area (Å²) >= 11 is 5.84. The molecule has 7 nitrogen and oxygen atoms in total. The molecule has 132 valence electrons. The molecule has 2 rings (SSSR count). The van der Waals surface area contributed by atoms with Gasteiger partial charge < -0.3 is 14.8 Å². The lowest BCUT2D eigenvalue weighted by Crippen LogP contribution is -2.29. The summed E-state index contributed by atoms with van der Waals surface area (Å²) in [5.74, 6) is 0.0653. The minimum atomic E-state index is -0.624. The number of methoxy groups -OCH3 is 2. The monoisotopic (exact) mass is 364 g/mol. The summed E-state index contributed by atoms with van der Waals surface area (Å²) in [7, 11) is 3.07. The van der Waals surface area contributed by atoms with Gasteiger partial charge in [-0.15, -0.1) is 0 Å². The van der Waals surface area contributed by atoms with Crippen molar-refractivity contribution in [3.63, 3.8) is 0 Å². The Hall–Kier alpha value is -2.64. The number of nitro groups is 1. The molecule has 0 aromatic heterocycles. The van der Waals surface area contributed by atoms with Crippen molar-refractivity contribution in [1.29, 1.82) is 0 Å². The van der Waals surface area contributed by atoms with Gasteiger partial charge in [-0.1, -0.05) is 23.7 Å². The topological polar surface area (TPSA) is 90.7 Å². The average molecular weight is 365 g/mol. The molecule has 1 unspecified atom stereocenters. The summed E-state index contributed by atoms with van der Waals surface area (Å²) < 4.78 is 10.6. The van der Waals surface area contributed by atoms with Gasteiger partial charge in [-0.2, -0.15) is 0 Å². The number of nitro benzene ring substituents is 1. The maximum absolute atomic E-state index is 12.3. The lowest BCUT2D eigenvalue weighted by molar-refractivity contribution is -0.385. The molecule has 0 aliphatic rings. The molecule has 25 heavy (non-hydrogen) atoms. The van der Waals surface area contributed by atoms with E-state index in [1.54, 1.807) is 19.2 Å². The van der Waals surface area contributed by atoms with E-state index in [2.05, 4.69) is 5.32 Å². The lowest BCUT2D eigenvalue weighted by Gasteiger charge is -2.17. The van der Waals surface area contributed by atoms with Crippen molar-refractivity contribution in [1.82, 2.24) is 5.32 Å². The molecular weight excluding hydrogens is 348 g/mol. The van der Waals surface area contributed by atoms with Crippen LogP contribution in [0.15, 0.2) is 42.5 Å². The Balaban J connectivity index is 2.15. The largest absolute Gasteiger partial charge is 0.497 e. The van der Waals surface area contributed by atoms with Gasteiger partial charge in [-0.05, 0) is 29.8 Å². The van der Waals surface area contributed by atoms with E-state index in [1.165, 1.54) is 25.3 Å². The molecule has 0 aliphatic heterocycles. The molecule has 1 atom stereocenters. The van der Waals surface area contributed by atoms with Crippen molar-refractivity contribution >= 4 is 23.2 Å². The van der Waals surface area contributed by atoms with Crippen molar-refractivity contribution in [2.24, 2.45) is 0 Å². The molecule has 8 heteroatoms. The Morgan fingerprint density at radius 3 is 2.68 bits per heavy atom. The third-order valence-corrected chi connectivity index (χ3v) is 3.83. The minimum Gasteiger partial charge on any atom is -0.497 e. The highest BCUT2D eigenvalue weighted by atomic mass is 35.5. The second kappa shape index (κ2) is 8.46. The second-order valence-electron chi connectivity index (χ2n) is 5.13. The molecule has 0 radical (unpaired) electrons. The Morgan fingerprint density at radius 1 is 1.28 bits per heavy atom. The van der Waals surface area contributed by atoms with Gasteiger partial charge in [0.05, 0.1) is 18.1 Å². The first-order chi connectivity index (χ1) is 12.0. The number of nitrogens with one attached hydrogen (secondary N) is 1. The van der Waals surface area contributed by atoms with Crippen LogP contribution in [0.4, 0.5) is 5.69 Å². The number of amides is 1. The predicted octanol–water partition coefficient (Wildman–Crippen LogP) is 3.37. The van der Waals surface area contributed by atoms with Crippen molar-refractivity contribution in [3.8, 4) is 5.75 Å². The van der Waals surface area contributed by atoms with Crippen molar-refractivity contribution in [2.45, 2.75) is 6.10 Å². The van der Waals surface area contributed by atoms with Crippen LogP contribution >= 0.6 is 11.6 Å². The first-order valence-corrected chi connectivity index (χ1v) is 7.73. The summed E-state index contributed by atoms with van der Waals surface area (Å²) in [6.45, 7) is 0.131. The van der Waals surface area contributed by atoms with E-state index in [1.807, 2.05) is 12.1 Å². The summed E-state index contributed by atoms with van der Waals surface area (Å²) in [6.07, 6.45) is -0.433. The Bertz CT molecular complexity index is 781. The van der Waals surface area contributed by atoms with Gasteiger partial charge in [0.2, 0.25) is 0 Å². The number of benzene rings is 2. The highest BCUT2D eigenvalue weighted by molar-refractivity contribution is 6.31. The molecule has 0 fully saturated rings. The highest BCUT2D eigenvalue weighted by Crippen LogP contribution is 2.24. The van der Waals surface area contributed by atoms with Crippen molar-refractivity contribution in [3.05, 3.63) is 68.7 Å². The number of hydrogen-bond donors (Lipinski definition) is 1. The molecule has 0 saturated carbocycles. The number of nitrogens with zero attached hydrogens (tertiary/aromatic N) is 1. The molecular formula is C17H17ClN2O5. The average Bonchev–Trinajstić information content (AvgIpc) is 2.61. The molecule has 0 bridgehead atoms. The maximum atomic E-state index is 12.3. The fourth-order valence-corrected chi connectivity index (χ4v) is 2.48. The summed E-state index contributed by atoms with van der Waals surface area (Å²) in [5, 5.41) is 14.0. The number of ether oxygens (including phenoxy) is 2. The number of carbonyl (C=O) groups excluding carboxylic acids is 1. The van der Waals surface area contributed by atoms with E-state index in [4.69, 9.17) is 21.1 Å². The van der Waals surface area contributed by atoms with E-state index in [9.17, 15) is 14.9 Å². The zero-order chi connectivity index (χ0) is 18.4. The SMILES string of the molecule is COc1cccc(C(CNC(=O)c2cc(Cl)ccc2[N+](=O)[O-])OC)c1. The van der Waals surface area contributed by atoms with Crippen LogP contribution in [0.2, 0.25) is 5.02 Å². The van der Waals surface area contributed by atoms with Crippen LogP contribution in [0.25, 0.3) is 0 Å². The molecule has 1 amide bonds. The molecule has 2 aromatic carbocycles. The number of halogens is 1. The minimum absolute atomic E-state index is 0.0991.